The average Bonchev–Trinajstić information content (AvgIpc) is 3.19. The maximum Gasteiger partial charge on any atom is 0.407 e. The molecule has 3 amide bonds. The van der Waals surface area contributed by atoms with Gasteiger partial charge in [-0.3, -0.25) is 4.84 Å². The van der Waals surface area contributed by atoms with Gasteiger partial charge in [-0.05, 0) is 26.8 Å². The number of nitrogens with zero attached hydrogens (tertiary/aromatic N) is 3. The van der Waals surface area contributed by atoms with Crippen LogP contribution < -0.4 is 5.32 Å². The molecule has 9 nitrogen and oxygen atoms in total. The van der Waals surface area contributed by atoms with E-state index in [1.54, 1.807) is 31.7 Å². The molecule has 146 valence electrons. The van der Waals surface area contributed by atoms with Crippen LogP contribution in [0.5, 0.6) is 0 Å². The van der Waals surface area contributed by atoms with Gasteiger partial charge in [0.15, 0.2) is 0 Å². The van der Waals surface area contributed by atoms with Crippen molar-refractivity contribution >= 4 is 17.7 Å². The number of rotatable bonds is 6. The van der Waals surface area contributed by atoms with Gasteiger partial charge in [0.05, 0.1) is 24.9 Å². The molecule has 1 aromatic heterocycles. The minimum absolute atomic E-state index is 0.164. The minimum Gasteiger partial charge on any atom is -0.445 e. The highest BCUT2D eigenvalue weighted by Gasteiger charge is 2.47. The number of alkyl carbamates (subject to hydrolysis) is 1. The van der Waals surface area contributed by atoms with Gasteiger partial charge in [0.25, 0.3) is 0 Å². The van der Waals surface area contributed by atoms with Gasteiger partial charge in [-0.15, -0.1) is 6.58 Å². The Morgan fingerprint density at radius 2 is 2.30 bits per heavy atom. The topological polar surface area (TPSA) is 97.1 Å². The van der Waals surface area contributed by atoms with E-state index in [0.29, 0.717) is 18.0 Å². The predicted molar refractivity (Wildman–Crippen MR) is 96.4 cm³/mol. The number of carbonyl (C=O) groups is 2. The van der Waals surface area contributed by atoms with Crippen LogP contribution in [0.2, 0.25) is 0 Å². The molecule has 0 aromatic carbocycles. The smallest absolute Gasteiger partial charge is 0.407 e. The molecule has 27 heavy (non-hydrogen) atoms. The van der Waals surface area contributed by atoms with Crippen LogP contribution in [0, 0.1) is 0 Å². The van der Waals surface area contributed by atoms with Gasteiger partial charge in [0, 0.05) is 18.7 Å². The Bertz CT molecular complexity index is 737. The van der Waals surface area contributed by atoms with Crippen LogP contribution in [0.25, 0.3) is 5.57 Å². The van der Waals surface area contributed by atoms with Crippen molar-refractivity contribution in [2.45, 2.75) is 38.5 Å². The van der Waals surface area contributed by atoms with E-state index in [-0.39, 0.29) is 25.2 Å². The molecule has 1 fully saturated rings. The van der Waals surface area contributed by atoms with Gasteiger partial charge in [-0.1, -0.05) is 6.08 Å². The first-order chi connectivity index (χ1) is 12.8. The Kier molecular flexibility index (Phi) is 5.22. The van der Waals surface area contributed by atoms with E-state index in [2.05, 4.69) is 16.9 Å². The number of amides is 3. The van der Waals surface area contributed by atoms with E-state index < -0.39 is 17.7 Å². The predicted octanol–water partition coefficient (Wildman–Crippen LogP) is 2.19. The lowest BCUT2D eigenvalue weighted by molar-refractivity contribution is -0.107. The van der Waals surface area contributed by atoms with Crippen LogP contribution in [0.15, 0.2) is 35.6 Å². The third kappa shape index (κ3) is 4.13. The monoisotopic (exact) mass is 376 g/mol. The SMILES string of the molecule is C=CCON1C(=O)N2C[C@H]1C=C(c1ncco1)[C@H]2CNC(=O)OC(C)(C)C. The first-order valence-electron chi connectivity index (χ1n) is 8.72. The van der Waals surface area contributed by atoms with Crippen molar-refractivity contribution in [3.05, 3.63) is 37.1 Å². The molecule has 1 N–H and O–H groups in total. The molecule has 2 bridgehead atoms. The van der Waals surface area contributed by atoms with Crippen molar-refractivity contribution in [3.63, 3.8) is 0 Å². The van der Waals surface area contributed by atoms with E-state index in [0.717, 1.165) is 0 Å². The van der Waals surface area contributed by atoms with Crippen molar-refractivity contribution in [1.29, 1.82) is 0 Å². The zero-order chi connectivity index (χ0) is 19.6. The summed E-state index contributed by atoms with van der Waals surface area (Å²) in [6.07, 6.45) is 5.91. The molecule has 3 heterocycles. The van der Waals surface area contributed by atoms with Crippen molar-refractivity contribution in [1.82, 2.24) is 20.3 Å². The van der Waals surface area contributed by atoms with Gasteiger partial charge >= 0.3 is 12.1 Å². The third-order valence-corrected chi connectivity index (χ3v) is 4.08. The number of ether oxygens (including phenoxy) is 1. The Hall–Kier alpha value is -2.81. The first-order valence-corrected chi connectivity index (χ1v) is 8.72. The summed E-state index contributed by atoms with van der Waals surface area (Å²) in [4.78, 5) is 36.1. The highest BCUT2D eigenvalue weighted by molar-refractivity contribution is 5.84. The molecule has 0 unspecified atom stereocenters. The van der Waals surface area contributed by atoms with E-state index in [1.165, 1.54) is 17.5 Å². The summed E-state index contributed by atoms with van der Waals surface area (Å²) in [5, 5.41) is 4.04. The fraction of sp³-hybridized carbons (Fsp3) is 0.500. The zero-order valence-electron chi connectivity index (χ0n) is 15.7. The van der Waals surface area contributed by atoms with Gasteiger partial charge < -0.3 is 19.4 Å². The van der Waals surface area contributed by atoms with E-state index in [1.807, 2.05) is 6.08 Å². The number of fused-ring (bicyclic) bond motifs is 2. The largest absolute Gasteiger partial charge is 0.445 e. The lowest BCUT2D eigenvalue weighted by Crippen LogP contribution is -2.48. The Morgan fingerprint density at radius 3 is 2.93 bits per heavy atom. The maximum absolute atomic E-state index is 12.8. The van der Waals surface area contributed by atoms with Crippen LogP contribution in [-0.2, 0) is 9.57 Å². The summed E-state index contributed by atoms with van der Waals surface area (Å²) < 4.78 is 10.7. The number of aromatic nitrogens is 1. The second kappa shape index (κ2) is 7.43. The van der Waals surface area contributed by atoms with Gasteiger partial charge in [-0.25, -0.2) is 14.6 Å². The fourth-order valence-electron chi connectivity index (χ4n) is 3.07. The molecule has 2 atom stereocenters. The highest BCUT2D eigenvalue weighted by atomic mass is 16.7. The molecular weight excluding hydrogens is 352 g/mol. The van der Waals surface area contributed by atoms with Crippen LogP contribution >= 0.6 is 0 Å². The lowest BCUT2D eigenvalue weighted by atomic mass is 9.99. The third-order valence-electron chi connectivity index (χ3n) is 4.08. The summed E-state index contributed by atoms with van der Waals surface area (Å²) in [5.74, 6) is 0.402. The molecule has 1 saturated heterocycles. The van der Waals surface area contributed by atoms with Gasteiger partial charge in [0.1, 0.15) is 11.9 Å². The standard InChI is InChI=1S/C18H24N4O5/c1-5-7-26-22-12-9-13(15-19-6-8-25-15)14(21(11-12)17(22)24)10-20-16(23)27-18(2,3)4/h5-6,8-9,12,14H,1,7,10-11H2,2-4H3,(H,20,23)/t12-,14-/m1/s1. The van der Waals surface area contributed by atoms with Gasteiger partial charge in [0.2, 0.25) is 5.89 Å². The zero-order valence-corrected chi connectivity index (χ0v) is 15.7. The Balaban J connectivity index is 1.80. The van der Waals surface area contributed by atoms with Crippen LogP contribution in [-0.4, -0.2) is 64.5 Å². The molecular formula is C18H24N4O5. The summed E-state index contributed by atoms with van der Waals surface area (Å²) in [5.41, 5.74) is 0.104. The number of oxazole rings is 1. The lowest BCUT2D eigenvalue weighted by Gasteiger charge is -2.31. The van der Waals surface area contributed by atoms with Crippen LogP contribution in [0.4, 0.5) is 9.59 Å². The second-order valence-electron chi connectivity index (χ2n) is 7.27. The summed E-state index contributed by atoms with van der Waals surface area (Å²) >= 11 is 0. The van der Waals surface area contributed by atoms with Crippen LogP contribution in [0.3, 0.4) is 0 Å². The molecule has 0 radical (unpaired) electrons. The second-order valence-corrected chi connectivity index (χ2v) is 7.27. The normalized spacial score (nSPS) is 21.9. The van der Waals surface area contributed by atoms with E-state index in [9.17, 15) is 9.59 Å². The summed E-state index contributed by atoms with van der Waals surface area (Å²) in [7, 11) is 0. The number of hydroxylamine groups is 2. The summed E-state index contributed by atoms with van der Waals surface area (Å²) in [6.45, 7) is 9.79. The maximum atomic E-state index is 12.8. The van der Waals surface area contributed by atoms with Gasteiger partial charge in [-0.2, -0.15) is 5.06 Å². The molecule has 2 aliphatic rings. The highest BCUT2D eigenvalue weighted by Crippen LogP contribution is 2.33. The van der Waals surface area contributed by atoms with Crippen molar-refractivity contribution < 1.29 is 23.6 Å². The molecule has 2 aliphatic heterocycles. The minimum atomic E-state index is -0.609. The molecule has 0 saturated carbocycles. The quantitative estimate of drug-likeness (QED) is 0.765. The Morgan fingerprint density at radius 1 is 1.52 bits per heavy atom. The van der Waals surface area contributed by atoms with Crippen molar-refractivity contribution in [3.8, 4) is 0 Å². The Labute approximate surface area is 157 Å². The first kappa shape index (κ1) is 19.0. The molecule has 1 aromatic rings. The molecule has 0 spiro atoms. The van der Waals surface area contributed by atoms with E-state index in [4.69, 9.17) is 14.0 Å². The number of urea groups is 1. The average molecular weight is 376 g/mol. The van der Waals surface area contributed by atoms with Crippen molar-refractivity contribution in [2.75, 3.05) is 19.7 Å². The molecule has 0 aliphatic carbocycles. The number of hydrogen-bond acceptors (Lipinski definition) is 6. The van der Waals surface area contributed by atoms with Crippen LogP contribution in [0.1, 0.15) is 26.7 Å². The number of hydrogen-bond donors (Lipinski definition) is 1. The fourth-order valence-corrected chi connectivity index (χ4v) is 3.07. The number of nitrogens with one attached hydrogen (secondary N) is 1. The molecule has 3 rings (SSSR count). The summed E-state index contributed by atoms with van der Waals surface area (Å²) in [6, 6.07) is -0.995. The molecule has 9 heteroatoms. The van der Waals surface area contributed by atoms with Crippen molar-refractivity contribution in [2.24, 2.45) is 0 Å². The van der Waals surface area contributed by atoms with E-state index >= 15 is 0 Å². The number of carbonyl (C=O) groups excluding carboxylic acids is 2.